The zero-order valence-electron chi connectivity index (χ0n) is 12.6. The zero-order valence-corrected chi connectivity index (χ0v) is 12.6. The molecular formula is C15H20N2O5. The van der Waals surface area contributed by atoms with Gasteiger partial charge in [0.25, 0.3) is 5.91 Å². The Balaban J connectivity index is 2.02. The minimum absolute atomic E-state index is 0.0230. The first-order valence-corrected chi connectivity index (χ1v) is 7.06. The third kappa shape index (κ3) is 3.96. The molecule has 7 heteroatoms. The van der Waals surface area contributed by atoms with E-state index in [1.807, 2.05) is 0 Å². The van der Waals surface area contributed by atoms with E-state index in [-0.39, 0.29) is 12.3 Å². The summed E-state index contributed by atoms with van der Waals surface area (Å²) in [6, 6.07) is 5.12. The molecule has 1 aliphatic heterocycles. The van der Waals surface area contributed by atoms with Crippen molar-refractivity contribution >= 4 is 17.6 Å². The SMILES string of the molecule is CC1Oc2ccc(C(O)CN(C)CCC(=O)O)cc2NC1=O. The number of rotatable bonds is 6. The highest BCUT2D eigenvalue weighted by Gasteiger charge is 2.24. The molecule has 0 saturated heterocycles. The molecule has 0 spiro atoms. The number of likely N-dealkylation sites (N-methyl/N-ethyl adjacent to an activating group) is 1. The first kappa shape index (κ1) is 16.3. The standard InChI is InChI=1S/C15H20N2O5/c1-9-15(21)16-11-7-10(3-4-13(11)22-9)12(18)8-17(2)6-5-14(19)20/h3-4,7,9,12,18H,5-6,8H2,1-2H3,(H,16,21)(H,19,20). The summed E-state index contributed by atoms with van der Waals surface area (Å²) < 4.78 is 5.46. The molecule has 120 valence electrons. The lowest BCUT2D eigenvalue weighted by atomic mass is 10.1. The number of anilines is 1. The molecule has 0 radical (unpaired) electrons. The largest absolute Gasteiger partial charge is 0.481 e. The van der Waals surface area contributed by atoms with Crippen molar-refractivity contribution in [3.63, 3.8) is 0 Å². The normalized spacial score (nSPS) is 18.4. The van der Waals surface area contributed by atoms with Crippen LogP contribution in [-0.2, 0) is 9.59 Å². The van der Waals surface area contributed by atoms with Gasteiger partial charge in [-0.25, -0.2) is 0 Å². The van der Waals surface area contributed by atoms with Gasteiger partial charge in [-0.15, -0.1) is 0 Å². The number of carboxylic acid groups (broad SMARTS) is 1. The lowest BCUT2D eigenvalue weighted by Crippen LogP contribution is -2.34. The number of hydrogen-bond acceptors (Lipinski definition) is 5. The van der Waals surface area contributed by atoms with Gasteiger partial charge in [-0.3, -0.25) is 9.59 Å². The predicted octanol–water partition coefficient (Wildman–Crippen LogP) is 0.846. The van der Waals surface area contributed by atoms with Gasteiger partial charge in [0.1, 0.15) is 5.75 Å². The Morgan fingerprint density at radius 1 is 1.50 bits per heavy atom. The van der Waals surface area contributed by atoms with Crippen molar-refractivity contribution < 1.29 is 24.5 Å². The van der Waals surface area contributed by atoms with Crippen LogP contribution in [0.25, 0.3) is 0 Å². The summed E-state index contributed by atoms with van der Waals surface area (Å²) in [6.07, 6.45) is -1.29. The van der Waals surface area contributed by atoms with Crippen LogP contribution in [0.4, 0.5) is 5.69 Å². The molecule has 3 N–H and O–H groups in total. The average molecular weight is 308 g/mol. The molecule has 0 aromatic heterocycles. The smallest absolute Gasteiger partial charge is 0.304 e. The van der Waals surface area contributed by atoms with Gasteiger partial charge >= 0.3 is 5.97 Å². The number of carbonyl (C=O) groups is 2. The van der Waals surface area contributed by atoms with Crippen molar-refractivity contribution in [2.75, 3.05) is 25.5 Å². The number of carboxylic acids is 1. The summed E-state index contributed by atoms with van der Waals surface area (Å²) in [5, 5.41) is 21.6. The molecule has 1 aromatic carbocycles. The Kier molecular flexibility index (Phi) is 4.99. The third-order valence-electron chi connectivity index (χ3n) is 3.51. The van der Waals surface area contributed by atoms with Crippen LogP contribution in [0.15, 0.2) is 18.2 Å². The first-order valence-electron chi connectivity index (χ1n) is 7.06. The summed E-state index contributed by atoms with van der Waals surface area (Å²) in [5.41, 5.74) is 1.17. The number of benzene rings is 1. The Morgan fingerprint density at radius 2 is 2.23 bits per heavy atom. The highest BCUT2D eigenvalue weighted by Crippen LogP contribution is 2.32. The Bertz CT molecular complexity index is 575. The third-order valence-corrected chi connectivity index (χ3v) is 3.51. The maximum Gasteiger partial charge on any atom is 0.304 e. The number of hydrogen-bond donors (Lipinski definition) is 3. The van der Waals surface area contributed by atoms with Crippen molar-refractivity contribution in [1.82, 2.24) is 4.90 Å². The molecule has 0 saturated carbocycles. The second-order valence-electron chi connectivity index (χ2n) is 5.43. The van der Waals surface area contributed by atoms with Crippen LogP contribution in [0.5, 0.6) is 5.75 Å². The molecule has 2 unspecified atom stereocenters. The Labute approximate surface area is 128 Å². The van der Waals surface area contributed by atoms with Crippen LogP contribution < -0.4 is 10.1 Å². The second kappa shape index (κ2) is 6.76. The van der Waals surface area contributed by atoms with Gasteiger partial charge in [-0.1, -0.05) is 6.07 Å². The van der Waals surface area contributed by atoms with Crippen molar-refractivity contribution in [1.29, 1.82) is 0 Å². The van der Waals surface area contributed by atoms with E-state index in [1.165, 1.54) is 0 Å². The van der Waals surface area contributed by atoms with Crippen molar-refractivity contribution in [2.45, 2.75) is 25.6 Å². The molecule has 2 rings (SSSR count). The zero-order chi connectivity index (χ0) is 16.3. The summed E-state index contributed by atoms with van der Waals surface area (Å²) in [5.74, 6) is -0.524. The molecule has 2 atom stereocenters. The van der Waals surface area contributed by atoms with E-state index >= 15 is 0 Å². The quantitative estimate of drug-likeness (QED) is 0.720. The average Bonchev–Trinajstić information content (AvgIpc) is 2.45. The highest BCUT2D eigenvalue weighted by atomic mass is 16.5. The fourth-order valence-electron chi connectivity index (χ4n) is 2.21. The van der Waals surface area contributed by atoms with Crippen LogP contribution in [0.2, 0.25) is 0 Å². The van der Waals surface area contributed by atoms with E-state index in [4.69, 9.17) is 9.84 Å². The van der Waals surface area contributed by atoms with E-state index in [1.54, 1.807) is 37.1 Å². The molecule has 1 heterocycles. The lowest BCUT2D eigenvalue weighted by Gasteiger charge is -2.25. The fourth-order valence-corrected chi connectivity index (χ4v) is 2.21. The van der Waals surface area contributed by atoms with Gasteiger partial charge in [-0.2, -0.15) is 0 Å². The number of nitrogens with one attached hydrogen (secondary N) is 1. The van der Waals surface area contributed by atoms with E-state index in [2.05, 4.69) is 5.32 Å². The Hall–Kier alpha value is -2.12. The van der Waals surface area contributed by atoms with Crippen LogP contribution in [0.3, 0.4) is 0 Å². The van der Waals surface area contributed by atoms with Gasteiger partial charge in [-0.05, 0) is 31.7 Å². The van der Waals surface area contributed by atoms with Crippen LogP contribution in [-0.4, -0.2) is 53.2 Å². The number of fused-ring (bicyclic) bond motifs is 1. The van der Waals surface area contributed by atoms with E-state index in [9.17, 15) is 14.7 Å². The van der Waals surface area contributed by atoms with Crippen molar-refractivity contribution in [3.8, 4) is 5.75 Å². The van der Waals surface area contributed by atoms with Crippen LogP contribution >= 0.6 is 0 Å². The van der Waals surface area contributed by atoms with Crippen LogP contribution in [0.1, 0.15) is 25.0 Å². The molecule has 7 nitrogen and oxygen atoms in total. The second-order valence-corrected chi connectivity index (χ2v) is 5.43. The number of ether oxygens (including phenoxy) is 1. The van der Waals surface area contributed by atoms with Crippen molar-refractivity contribution in [3.05, 3.63) is 23.8 Å². The summed E-state index contributed by atoms with van der Waals surface area (Å²) in [6.45, 7) is 2.32. The van der Waals surface area contributed by atoms with E-state index < -0.39 is 18.2 Å². The maximum atomic E-state index is 11.6. The fraction of sp³-hybridized carbons (Fsp3) is 0.467. The van der Waals surface area contributed by atoms with E-state index in [0.717, 1.165) is 0 Å². The van der Waals surface area contributed by atoms with Gasteiger partial charge in [0.05, 0.1) is 18.2 Å². The Morgan fingerprint density at radius 3 is 2.91 bits per heavy atom. The molecule has 0 bridgehead atoms. The molecule has 22 heavy (non-hydrogen) atoms. The summed E-state index contributed by atoms with van der Waals surface area (Å²) in [7, 11) is 1.75. The number of aliphatic carboxylic acids is 1. The van der Waals surface area contributed by atoms with Gasteiger partial charge in [0, 0.05) is 13.1 Å². The number of aliphatic hydroxyl groups excluding tert-OH is 1. The molecule has 1 amide bonds. The highest BCUT2D eigenvalue weighted by molar-refractivity contribution is 5.97. The topological polar surface area (TPSA) is 99.1 Å². The van der Waals surface area contributed by atoms with E-state index in [0.29, 0.717) is 30.1 Å². The molecule has 0 fully saturated rings. The number of carbonyl (C=O) groups excluding carboxylic acids is 1. The van der Waals surface area contributed by atoms with Crippen LogP contribution in [0, 0.1) is 0 Å². The summed E-state index contributed by atoms with van der Waals surface area (Å²) >= 11 is 0. The first-order chi connectivity index (χ1) is 10.4. The predicted molar refractivity (Wildman–Crippen MR) is 79.9 cm³/mol. The monoisotopic (exact) mass is 308 g/mol. The minimum Gasteiger partial charge on any atom is -0.481 e. The molecular weight excluding hydrogens is 288 g/mol. The van der Waals surface area contributed by atoms with Gasteiger partial charge < -0.3 is 25.2 Å². The number of nitrogens with zero attached hydrogens (tertiary/aromatic N) is 1. The molecule has 1 aromatic rings. The minimum atomic E-state index is -0.871. The lowest BCUT2D eigenvalue weighted by molar-refractivity contribution is -0.137. The maximum absolute atomic E-state index is 11.6. The number of aliphatic hydroxyl groups is 1. The summed E-state index contributed by atoms with van der Waals surface area (Å²) in [4.78, 5) is 23.9. The van der Waals surface area contributed by atoms with Gasteiger partial charge in [0.15, 0.2) is 6.10 Å². The van der Waals surface area contributed by atoms with Gasteiger partial charge in [0.2, 0.25) is 0 Å². The number of amides is 1. The molecule has 1 aliphatic rings. The molecule has 0 aliphatic carbocycles. The van der Waals surface area contributed by atoms with Crippen molar-refractivity contribution in [2.24, 2.45) is 0 Å².